The molecule has 5 heterocycles. The molecule has 72 heavy (non-hydrogen) atoms. The Labute approximate surface area is 437 Å². The van der Waals surface area contributed by atoms with Gasteiger partial charge in [0.1, 0.15) is 0 Å². The van der Waals surface area contributed by atoms with Crippen molar-refractivity contribution in [1.82, 2.24) is 42.5 Å². The molecule has 17 aliphatic rings. The maximum Gasteiger partial charge on any atom is 0.0631 e. The van der Waals surface area contributed by atoms with E-state index in [0.29, 0.717) is 49.3 Å². The summed E-state index contributed by atoms with van der Waals surface area (Å²) in [6, 6.07) is 0. The van der Waals surface area contributed by atoms with Gasteiger partial charge in [0.2, 0.25) is 0 Å². The molecular weight excluding hydrogens is 881 g/mol. The van der Waals surface area contributed by atoms with Crippen molar-refractivity contribution in [3.8, 4) is 0 Å². The average Bonchev–Trinajstić information content (AvgIpc) is 4.20. The fourth-order valence-electron chi connectivity index (χ4n) is 27.3. The van der Waals surface area contributed by atoms with Crippen LogP contribution in [0.3, 0.4) is 0 Å². The molecule has 0 radical (unpaired) electrons. The van der Waals surface area contributed by atoms with Crippen molar-refractivity contribution in [2.24, 2.45) is 142 Å². The van der Waals surface area contributed by atoms with E-state index in [9.17, 15) is 0 Å². The fourth-order valence-corrected chi connectivity index (χ4v) is 27.3. The number of rotatable bonds is 0. The van der Waals surface area contributed by atoms with Gasteiger partial charge in [-0.15, -0.1) is 0 Å². The molecule has 5 saturated heterocycles. The topological polar surface area (TPSA) is 96.2 Å². The number of hydrogen-bond acceptors (Lipinski definition) is 8. The van der Waals surface area contributed by atoms with Gasteiger partial charge in [0.05, 0.1) is 49.3 Å². The normalized spacial score (nSPS) is 61.3. The maximum absolute atomic E-state index is 4.88. The third-order valence-electron chi connectivity index (χ3n) is 28.9. The summed E-state index contributed by atoms with van der Waals surface area (Å²) in [5.41, 5.74) is 0. The SMILES string of the molecule is C1CCC2C(C1)C1CCCCC1C1C3NC(NC4NC(NC5NC(NC6NC(N3)C3C7CCCCC7C7CCCCC7C63)C3C6CCCCC6C6CCCCC6C53)C3C5CCCCC5C5CCCCC5C43)C21. The smallest absolute Gasteiger partial charge is 0.0631 e. The van der Waals surface area contributed by atoms with E-state index in [4.69, 9.17) is 42.5 Å². The Balaban J connectivity index is 0.814. The van der Waals surface area contributed by atoms with Crippen molar-refractivity contribution >= 4 is 0 Å². The Kier molecular flexibility index (Phi) is 12.1. The summed E-state index contributed by atoms with van der Waals surface area (Å²) in [6.07, 6.45) is 51.2. The molecule has 8 nitrogen and oxygen atoms in total. The second-order valence-electron chi connectivity index (χ2n) is 30.7. The highest BCUT2D eigenvalue weighted by Crippen LogP contribution is 2.65. The van der Waals surface area contributed by atoms with Gasteiger partial charge in [-0.1, -0.05) is 103 Å². The van der Waals surface area contributed by atoms with Crippen LogP contribution in [0.4, 0.5) is 0 Å². The van der Waals surface area contributed by atoms with Crippen LogP contribution >= 0.6 is 0 Å². The van der Waals surface area contributed by atoms with Gasteiger partial charge >= 0.3 is 0 Å². The number of fused-ring (bicyclic) bond motifs is 40. The summed E-state index contributed by atoms with van der Waals surface area (Å²) in [7, 11) is 0. The van der Waals surface area contributed by atoms with Gasteiger partial charge in [-0.3, -0.25) is 42.5 Å². The Morgan fingerprint density at radius 2 is 0.222 bits per heavy atom. The second-order valence-corrected chi connectivity index (χ2v) is 30.7. The largest absolute Gasteiger partial charge is 0.286 e. The summed E-state index contributed by atoms with van der Waals surface area (Å²) >= 11 is 0. The van der Waals surface area contributed by atoms with Gasteiger partial charge in [-0.05, 0) is 245 Å². The molecule has 17 rings (SSSR count). The first-order valence-corrected chi connectivity index (χ1v) is 33.8. The Morgan fingerprint density at radius 1 is 0.125 bits per heavy atom. The first-order valence-electron chi connectivity index (χ1n) is 33.8. The van der Waals surface area contributed by atoms with Crippen LogP contribution in [0, 0.1) is 142 Å². The minimum Gasteiger partial charge on any atom is -0.286 e. The van der Waals surface area contributed by atoms with Gasteiger partial charge < -0.3 is 0 Å². The van der Waals surface area contributed by atoms with Crippen LogP contribution in [0.2, 0.25) is 0 Å². The molecule has 0 amide bonds. The standard InChI is InChI=1S/C64H104N8/c1-9-25-41-33(17-1)34-18-2-10-26-42(34)50-49(41)57-65-58(50)70-60-53-45-29-13-5-21-37(45)38-22-6-14-30-46(38)54(53)62(67-60)72-64-56-48-32-16-8-24-40(48)39-23-7-15-31-47(39)55(56)63(68-64)71-61-52-44-28-12-4-20-36(44)35-19-3-11-27-43(35)51(52)59(66-61)69-57/h33-72H,1-32H2. The summed E-state index contributed by atoms with van der Waals surface area (Å²) in [6.45, 7) is 0. The van der Waals surface area contributed by atoms with E-state index >= 15 is 0 Å². The lowest BCUT2D eigenvalue weighted by Crippen LogP contribution is -2.62. The molecule has 0 aromatic carbocycles. The molecule has 24 unspecified atom stereocenters. The zero-order valence-electron chi connectivity index (χ0n) is 45.1. The molecule has 5 aliphatic heterocycles. The van der Waals surface area contributed by atoms with Crippen molar-refractivity contribution in [3.63, 3.8) is 0 Å². The second kappa shape index (κ2) is 18.6. The monoisotopic (exact) mass is 985 g/mol. The third-order valence-corrected chi connectivity index (χ3v) is 28.9. The molecular formula is C64H104N8. The van der Waals surface area contributed by atoms with Gasteiger partial charge in [0.25, 0.3) is 0 Å². The van der Waals surface area contributed by atoms with Crippen molar-refractivity contribution in [3.05, 3.63) is 0 Å². The Morgan fingerprint density at radius 3 is 0.333 bits per heavy atom. The van der Waals surface area contributed by atoms with E-state index in [1.54, 1.807) is 0 Å². The van der Waals surface area contributed by atoms with Gasteiger partial charge in [0.15, 0.2) is 0 Å². The van der Waals surface area contributed by atoms with Gasteiger partial charge in [-0.2, -0.15) is 0 Å². The molecule has 0 spiro atoms. The van der Waals surface area contributed by atoms with Crippen LogP contribution in [-0.4, -0.2) is 49.3 Å². The van der Waals surface area contributed by atoms with Crippen molar-refractivity contribution in [2.45, 2.75) is 255 Å². The molecule has 0 aromatic rings. The summed E-state index contributed by atoms with van der Waals surface area (Å²) < 4.78 is 0. The first kappa shape index (κ1) is 46.6. The van der Waals surface area contributed by atoms with Crippen LogP contribution in [0.25, 0.3) is 0 Å². The van der Waals surface area contributed by atoms with Crippen LogP contribution in [-0.2, 0) is 0 Å². The first-order chi connectivity index (χ1) is 35.7. The van der Waals surface area contributed by atoms with Crippen LogP contribution in [0.1, 0.15) is 205 Å². The molecule has 8 heteroatoms. The molecule has 12 aliphatic carbocycles. The Hall–Kier alpha value is -0.320. The van der Waals surface area contributed by atoms with E-state index in [1.807, 2.05) is 0 Å². The zero-order valence-corrected chi connectivity index (χ0v) is 45.1. The van der Waals surface area contributed by atoms with Crippen LogP contribution < -0.4 is 42.5 Å². The van der Waals surface area contributed by atoms with E-state index in [-0.39, 0.29) is 0 Å². The van der Waals surface area contributed by atoms with Crippen molar-refractivity contribution in [2.75, 3.05) is 0 Å². The number of hydrogen-bond donors (Lipinski definition) is 8. The molecule has 8 bridgehead atoms. The maximum atomic E-state index is 4.88. The lowest BCUT2D eigenvalue weighted by Gasteiger charge is -2.57. The van der Waals surface area contributed by atoms with E-state index in [1.165, 1.54) is 205 Å². The van der Waals surface area contributed by atoms with E-state index < -0.39 is 0 Å². The minimum absolute atomic E-state index is 0.405. The van der Waals surface area contributed by atoms with Gasteiger partial charge in [0, 0.05) is 0 Å². The number of nitrogens with one attached hydrogen (secondary N) is 8. The minimum atomic E-state index is 0.405. The molecule has 17 fully saturated rings. The zero-order chi connectivity index (χ0) is 46.8. The fraction of sp³-hybridized carbons (Fsp3) is 1.00. The summed E-state index contributed by atoms with van der Waals surface area (Å²) in [5.74, 6) is 20.8. The third kappa shape index (κ3) is 7.07. The quantitative estimate of drug-likeness (QED) is 0.122. The average molecular weight is 986 g/mol. The van der Waals surface area contributed by atoms with Crippen molar-refractivity contribution < 1.29 is 0 Å². The van der Waals surface area contributed by atoms with Crippen LogP contribution in [0.15, 0.2) is 0 Å². The predicted octanol–water partition coefficient (Wildman–Crippen LogP) is 10.8. The van der Waals surface area contributed by atoms with Gasteiger partial charge in [-0.25, -0.2) is 0 Å². The summed E-state index contributed by atoms with van der Waals surface area (Å²) in [5, 5.41) is 38.6. The van der Waals surface area contributed by atoms with Crippen molar-refractivity contribution in [1.29, 1.82) is 0 Å². The van der Waals surface area contributed by atoms with E-state index in [0.717, 1.165) is 142 Å². The molecule has 12 saturated carbocycles. The highest BCUT2D eigenvalue weighted by Gasteiger charge is 2.67. The lowest BCUT2D eigenvalue weighted by atomic mass is 9.49. The lowest BCUT2D eigenvalue weighted by molar-refractivity contribution is -0.0799. The highest BCUT2D eigenvalue weighted by molar-refractivity contribution is 5.18. The molecule has 400 valence electrons. The van der Waals surface area contributed by atoms with Crippen LogP contribution in [0.5, 0.6) is 0 Å². The molecule has 0 aromatic heterocycles. The Bertz CT molecular complexity index is 1560. The molecule has 24 atom stereocenters. The van der Waals surface area contributed by atoms with E-state index in [2.05, 4.69) is 0 Å². The molecule has 8 N–H and O–H groups in total. The highest BCUT2D eigenvalue weighted by atomic mass is 15.4. The summed E-state index contributed by atoms with van der Waals surface area (Å²) in [4.78, 5) is 0. The predicted molar refractivity (Wildman–Crippen MR) is 287 cm³/mol.